The Kier molecular flexibility index (Phi) is 5.23. The third kappa shape index (κ3) is 3.42. The Morgan fingerprint density at radius 1 is 1.16 bits per heavy atom. The molecule has 1 aliphatic rings. The minimum absolute atomic E-state index is 0.0577. The largest absolute Gasteiger partial charge is 0.386 e. The number of amidine groups is 1. The van der Waals surface area contributed by atoms with E-state index in [1.54, 1.807) is 56.3 Å². The molecule has 2 atom stereocenters. The third-order valence-corrected chi connectivity index (χ3v) is 10.0. The summed E-state index contributed by atoms with van der Waals surface area (Å²) < 4.78 is 40.7. The van der Waals surface area contributed by atoms with E-state index in [4.69, 9.17) is 11.0 Å². The van der Waals surface area contributed by atoms with E-state index in [0.29, 0.717) is 21.6 Å². The van der Waals surface area contributed by atoms with Crippen LogP contribution >= 0.6 is 11.3 Å². The molecular formula is C24H22FN3O2S2. The predicted molar refractivity (Wildman–Crippen MR) is 126 cm³/mol. The molecule has 8 heteroatoms. The summed E-state index contributed by atoms with van der Waals surface area (Å²) >= 11 is 1.13. The number of nitriles is 1. The molecule has 0 radical (unpaired) electrons. The molecule has 0 bridgehead atoms. The normalized spacial score (nSPS) is 24.5. The highest BCUT2D eigenvalue weighted by Gasteiger charge is 2.53. The van der Waals surface area contributed by atoms with Gasteiger partial charge in [0.2, 0.25) is 0 Å². The van der Waals surface area contributed by atoms with Crippen molar-refractivity contribution in [1.82, 2.24) is 0 Å². The first-order valence-corrected chi connectivity index (χ1v) is 12.4. The maximum absolute atomic E-state index is 15.1. The van der Waals surface area contributed by atoms with E-state index in [9.17, 15) is 8.42 Å². The number of hydrogen-bond donors (Lipinski definition) is 1. The molecule has 2 aromatic carbocycles. The van der Waals surface area contributed by atoms with Gasteiger partial charge in [0.1, 0.15) is 17.2 Å². The Bertz CT molecular complexity index is 1400. The highest BCUT2D eigenvalue weighted by molar-refractivity contribution is 7.93. The second-order valence-corrected chi connectivity index (χ2v) is 11.8. The number of hydrogen-bond acceptors (Lipinski definition) is 6. The van der Waals surface area contributed by atoms with Crippen molar-refractivity contribution < 1.29 is 12.8 Å². The number of benzene rings is 2. The van der Waals surface area contributed by atoms with E-state index in [2.05, 4.69) is 11.1 Å². The van der Waals surface area contributed by atoms with Crippen molar-refractivity contribution in [1.29, 1.82) is 5.26 Å². The summed E-state index contributed by atoms with van der Waals surface area (Å²) in [4.78, 5) is 5.37. The van der Waals surface area contributed by atoms with Crippen molar-refractivity contribution in [2.45, 2.75) is 31.1 Å². The van der Waals surface area contributed by atoms with Gasteiger partial charge < -0.3 is 5.73 Å². The Morgan fingerprint density at radius 3 is 2.53 bits per heavy atom. The number of nitrogens with zero attached hydrogens (tertiary/aromatic N) is 2. The summed E-state index contributed by atoms with van der Waals surface area (Å²) in [5.41, 5.74) is 7.55. The third-order valence-electron chi connectivity index (χ3n) is 5.97. The molecule has 164 valence electrons. The number of sulfone groups is 1. The van der Waals surface area contributed by atoms with Crippen molar-refractivity contribution >= 4 is 27.0 Å². The molecule has 1 aromatic heterocycles. The van der Waals surface area contributed by atoms with Gasteiger partial charge in [-0.3, -0.25) is 4.99 Å². The van der Waals surface area contributed by atoms with Crippen molar-refractivity contribution in [2.75, 3.05) is 5.75 Å². The standard InChI is InChI=1S/C24H22FN3O2S2/c1-15-6-4-9-18(10-15)24(3)22(27)28-23(2,14-32(24,29)30)21-19(25)12-20(31-21)17-8-5-7-16(11-17)13-26/h4-12H,14H2,1-3H3,(H2,27,28)/t23-,24-/m0/s1. The molecule has 0 spiro atoms. The molecule has 32 heavy (non-hydrogen) atoms. The zero-order valence-corrected chi connectivity index (χ0v) is 19.5. The fraction of sp³-hybridized carbons (Fsp3) is 0.250. The fourth-order valence-corrected chi connectivity index (χ4v) is 7.38. The van der Waals surface area contributed by atoms with Gasteiger partial charge in [0.05, 0.1) is 22.3 Å². The number of thiophene rings is 1. The second-order valence-electron chi connectivity index (χ2n) is 8.41. The molecule has 0 amide bonds. The molecule has 1 aliphatic heterocycles. The van der Waals surface area contributed by atoms with Gasteiger partial charge in [0, 0.05) is 4.88 Å². The van der Waals surface area contributed by atoms with E-state index in [1.165, 1.54) is 6.07 Å². The lowest BCUT2D eigenvalue weighted by Crippen LogP contribution is -2.54. The molecule has 4 rings (SSSR count). The minimum Gasteiger partial charge on any atom is -0.386 e. The van der Waals surface area contributed by atoms with Crippen LogP contribution in [0.25, 0.3) is 10.4 Å². The second kappa shape index (κ2) is 7.54. The SMILES string of the molecule is Cc1cccc([C@@]2(C)C(N)=N[C@](C)(c3sc(-c4cccc(C#N)c4)cc3F)CS2(=O)=O)c1. The van der Waals surface area contributed by atoms with Gasteiger partial charge in [-0.1, -0.05) is 42.0 Å². The van der Waals surface area contributed by atoms with Crippen molar-refractivity contribution in [3.8, 4) is 16.5 Å². The number of halogens is 1. The lowest BCUT2D eigenvalue weighted by molar-refractivity contribution is 0.483. The maximum atomic E-state index is 15.1. The summed E-state index contributed by atoms with van der Waals surface area (Å²) in [6.07, 6.45) is 0. The molecule has 0 saturated heterocycles. The van der Waals surface area contributed by atoms with Crippen molar-refractivity contribution in [3.05, 3.63) is 82.0 Å². The smallest absolute Gasteiger partial charge is 0.169 e. The van der Waals surface area contributed by atoms with E-state index >= 15 is 4.39 Å². The van der Waals surface area contributed by atoms with Crippen LogP contribution in [0, 0.1) is 24.1 Å². The highest BCUT2D eigenvalue weighted by atomic mass is 32.2. The Hall–Kier alpha value is -3.02. The molecule has 0 aliphatic carbocycles. The summed E-state index contributed by atoms with van der Waals surface area (Å²) in [5, 5.41) is 9.14. The molecule has 2 heterocycles. The zero-order valence-electron chi connectivity index (χ0n) is 17.9. The average Bonchev–Trinajstić information content (AvgIpc) is 3.14. The zero-order chi connectivity index (χ0) is 23.3. The molecule has 0 saturated carbocycles. The highest BCUT2D eigenvalue weighted by Crippen LogP contribution is 2.46. The van der Waals surface area contributed by atoms with E-state index in [0.717, 1.165) is 16.9 Å². The number of aliphatic imine (C=N–C) groups is 1. The van der Waals surface area contributed by atoms with Gasteiger partial charge >= 0.3 is 0 Å². The Labute approximate surface area is 191 Å². The van der Waals surface area contributed by atoms with Gasteiger partial charge in [-0.05, 0) is 50.1 Å². The van der Waals surface area contributed by atoms with Crippen LogP contribution in [0.1, 0.15) is 35.4 Å². The lowest BCUT2D eigenvalue weighted by Gasteiger charge is -2.39. The number of aryl methyl sites for hydroxylation is 1. The van der Waals surface area contributed by atoms with Gasteiger partial charge in [-0.15, -0.1) is 11.3 Å². The first kappa shape index (κ1) is 22.2. The van der Waals surface area contributed by atoms with Gasteiger partial charge in [-0.2, -0.15) is 5.26 Å². The molecular weight excluding hydrogens is 445 g/mol. The maximum Gasteiger partial charge on any atom is 0.169 e. The summed E-state index contributed by atoms with van der Waals surface area (Å²) in [6.45, 7) is 5.03. The van der Waals surface area contributed by atoms with Crippen LogP contribution in [0.15, 0.2) is 59.6 Å². The molecule has 3 aromatic rings. The first-order valence-electron chi connectivity index (χ1n) is 9.96. The summed E-state index contributed by atoms with van der Waals surface area (Å²) in [5.74, 6) is -0.973. The quantitative estimate of drug-likeness (QED) is 0.606. The van der Waals surface area contributed by atoms with Crippen LogP contribution in [0.3, 0.4) is 0 Å². The topological polar surface area (TPSA) is 96.3 Å². The lowest BCUT2D eigenvalue weighted by atomic mass is 9.95. The van der Waals surface area contributed by atoms with Crippen molar-refractivity contribution in [3.63, 3.8) is 0 Å². The minimum atomic E-state index is -3.84. The van der Waals surface area contributed by atoms with Crippen LogP contribution in [-0.2, 0) is 20.1 Å². The van der Waals surface area contributed by atoms with Crippen LogP contribution in [-0.4, -0.2) is 20.0 Å². The van der Waals surface area contributed by atoms with E-state index in [-0.39, 0.29) is 16.5 Å². The van der Waals surface area contributed by atoms with E-state index < -0.39 is 25.9 Å². The van der Waals surface area contributed by atoms with Crippen LogP contribution in [0.4, 0.5) is 4.39 Å². The molecule has 2 N–H and O–H groups in total. The van der Waals surface area contributed by atoms with Crippen LogP contribution < -0.4 is 5.73 Å². The molecule has 0 unspecified atom stereocenters. The van der Waals surface area contributed by atoms with Crippen LogP contribution in [0.5, 0.6) is 0 Å². The number of nitrogens with two attached hydrogens (primary N) is 1. The Morgan fingerprint density at radius 2 is 1.88 bits per heavy atom. The molecule has 0 fully saturated rings. The molecule has 5 nitrogen and oxygen atoms in total. The summed E-state index contributed by atoms with van der Waals surface area (Å²) in [7, 11) is -3.84. The average molecular weight is 468 g/mol. The monoisotopic (exact) mass is 467 g/mol. The Balaban J connectivity index is 1.84. The summed E-state index contributed by atoms with van der Waals surface area (Å²) in [6, 6.07) is 17.4. The van der Waals surface area contributed by atoms with Crippen molar-refractivity contribution in [2.24, 2.45) is 10.7 Å². The number of rotatable bonds is 3. The fourth-order valence-electron chi connectivity index (χ4n) is 4.08. The van der Waals surface area contributed by atoms with Gasteiger partial charge in [0.15, 0.2) is 14.6 Å². The van der Waals surface area contributed by atoms with Gasteiger partial charge in [0.25, 0.3) is 0 Å². The van der Waals surface area contributed by atoms with E-state index in [1.807, 2.05) is 13.0 Å². The first-order chi connectivity index (χ1) is 15.0. The van der Waals surface area contributed by atoms with Crippen LogP contribution in [0.2, 0.25) is 0 Å². The van der Waals surface area contributed by atoms with Gasteiger partial charge in [-0.25, -0.2) is 12.8 Å². The predicted octanol–water partition coefficient (Wildman–Crippen LogP) is 4.65.